The van der Waals surface area contributed by atoms with Crippen LogP contribution in [0, 0.1) is 11.8 Å². The monoisotopic (exact) mass is 130 g/mol. The van der Waals surface area contributed by atoms with Gasteiger partial charge in [-0.15, -0.1) is 0 Å². The molecule has 0 aromatic rings. The minimum atomic E-state index is 0.353. The van der Waals surface area contributed by atoms with Gasteiger partial charge in [-0.1, -0.05) is 27.2 Å². The van der Waals surface area contributed by atoms with Crippen molar-refractivity contribution in [1.82, 2.24) is 0 Å². The quantitative estimate of drug-likeness (QED) is 0.617. The molecule has 0 aliphatic heterocycles. The Morgan fingerprint density at radius 2 is 1.89 bits per heavy atom. The van der Waals surface area contributed by atoms with Crippen molar-refractivity contribution in [2.45, 2.75) is 33.6 Å². The van der Waals surface area contributed by atoms with Gasteiger partial charge in [0.2, 0.25) is 0 Å². The number of hydrogen-bond acceptors (Lipinski definition) is 1. The zero-order valence-corrected chi connectivity index (χ0v) is 6.72. The average Bonchev–Trinajstić information content (AvgIpc) is 1.82. The molecule has 0 aliphatic rings. The number of aliphatic hydroxyl groups is 1. The van der Waals surface area contributed by atoms with Gasteiger partial charge in [-0.3, -0.25) is 0 Å². The SMILES string of the molecule is CCCC(CO)C(C)C. The van der Waals surface area contributed by atoms with Crippen LogP contribution >= 0.6 is 0 Å². The summed E-state index contributed by atoms with van der Waals surface area (Å²) >= 11 is 0. The van der Waals surface area contributed by atoms with Crippen LogP contribution in [0.5, 0.6) is 0 Å². The summed E-state index contributed by atoms with van der Waals surface area (Å²) in [6, 6.07) is 0. The van der Waals surface area contributed by atoms with Crippen molar-refractivity contribution < 1.29 is 5.11 Å². The molecular weight excluding hydrogens is 112 g/mol. The van der Waals surface area contributed by atoms with E-state index in [-0.39, 0.29) is 0 Å². The van der Waals surface area contributed by atoms with Gasteiger partial charge in [0.1, 0.15) is 0 Å². The van der Waals surface area contributed by atoms with Crippen molar-refractivity contribution in [2.24, 2.45) is 11.8 Å². The predicted molar refractivity (Wildman–Crippen MR) is 40.3 cm³/mol. The second-order valence-corrected chi connectivity index (χ2v) is 2.98. The fourth-order valence-electron chi connectivity index (χ4n) is 1.01. The van der Waals surface area contributed by atoms with Gasteiger partial charge in [0, 0.05) is 6.61 Å². The van der Waals surface area contributed by atoms with Crippen molar-refractivity contribution in [3.63, 3.8) is 0 Å². The Kier molecular flexibility index (Phi) is 4.78. The Hall–Kier alpha value is -0.0400. The highest BCUT2D eigenvalue weighted by Crippen LogP contribution is 2.15. The summed E-state index contributed by atoms with van der Waals surface area (Å²) in [7, 11) is 0. The lowest BCUT2D eigenvalue weighted by Crippen LogP contribution is -2.12. The van der Waals surface area contributed by atoms with Crippen molar-refractivity contribution in [3.8, 4) is 0 Å². The van der Waals surface area contributed by atoms with Gasteiger partial charge < -0.3 is 5.11 Å². The van der Waals surface area contributed by atoms with Crippen LogP contribution in [-0.4, -0.2) is 11.7 Å². The third-order valence-electron chi connectivity index (χ3n) is 1.84. The zero-order valence-electron chi connectivity index (χ0n) is 6.72. The van der Waals surface area contributed by atoms with E-state index in [1.807, 2.05) is 0 Å². The molecule has 1 unspecified atom stereocenters. The van der Waals surface area contributed by atoms with Crippen LogP contribution in [0.3, 0.4) is 0 Å². The fraction of sp³-hybridized carbons (Fsp3) is 1.00. The maximum absolute atomic E-state index is 8.83. The zero-order chi connectivity index (χ0) is 7.28. The van der Waals surface area contributed by atoms with Crippen LogP contribution in [0.1, 0.15) is 33.6 Å². The first kappa shape index (κ1) is 8.96. The molecule has 0 amide bonds. The van der Waals surface area contributed by atoms with E-state index in [1.54, 1.807) is 0 Å². The maximum Gasteiger partial charge on any atom is 0.0461 e. The Labute approximate surface area is 58.1 Å². The highest BCUT2D eigenvalue weighted by atomic mass is 16.3. The standard InChI is InChI=1S/C8H18O/c1-4-5-8(6-9)7(2)3/h7-9H,4-6H2,1-3H3. The summed E-state index contributed by atoms with van der Waals surface area (Å²) in [4.78, 5) is 0. The van der Waals surface area contributed by atoms with Crippen molar-refractivity contribution in [3.05, 3.63) is 0 Å². The van der Waals surface area contributed by atoms with E-state index in [4.69, 9.17) is 5.11 Å². The fourth-order valence-corrected chi connectivity index (χ4v) is 1.01. The first-order chi connectivity index (χ1) is 4.22. The van der Waals surface area contributed by atoms with Crippen LogP contribution in [0.15, 0.2) is 0 Å². The third-order valence-corrected chi connectivity index (χ3v) is 1.84. The van der Waals surface area contributed by atoms with E-state index >= 15 is 0 Å². The van der Waals surface area contributed by atoms with E-state index in [0.29, 0.717) is 18.4 Å². The van der Waals surface area contributed by atoms with Crippen molar-refractivity contribution in [1.29, 1.82) is 0 Å². The molecule has 0 aromatic carbocycles. The van der Waals surface area contributed by atoms with Crippen LogP contribution in [0.4, 0.5) is 0 Å². The normalized spacial score (nSPS) is 14.3. The molecule has 56 valence electrons. The maximum atomic E-state index is 8.83. The van der Waals surface area contributed by atoms with E-state index in [1.165, 1.54) is 6.42 Å². The van der Waals surface area contributed by atoms with Gasteiger partial charge in [-0.2, -0.15) is 0 Å². The predicted octanol–water partition coefficient (Wildman–Crippen LogP) is 2.05. The molecule has 0 saturated heterocycles. The molecular formula is C8H18O. The van der Waals surface area contributed by atoms with E-state index < -0.39 is 0 Å². The minimum Gasteiger partial charge on any atom is -0.396 e. The molecule has 0 fully saturated rings. The Bertz CT molecular complexity index is 59.6. The Morgan fingerprint density at radius 1 is 1.33 bits per heavy atom. The van der Waals surface area contributed by atoms with Gasteiger partial charge in [0.05, 0.1) is 0 Å². The highest BCUT2D eigenvalue weighted by molar-refractivity contribution is 4.59. The first-order valence-corrected chi connectivity index (χ1v) is 3.83. The molecule has 0 rings (SSSR count). The van der Waals surface area contributed by atoms with Gasteiger partial charge in [-0.25, -0.2) is 0 Å². The van der Waals surface area contributed by atoms with Crippen molar-refractivity contribution in [2.75, 3.05) is 6.61 Å². The summed E-state index contributed by atoms with van der Waals surface area (Å²) in [6.45, 7) is 6.84. The molecule has 1 atom stereocenters. The van der Waals surface area contributed by atoms with Gasteiger partial charge in [-0.05, 0) is 18.3 Å². The third kappa shape index (κ3) is 3.52. The van der Waals surface area contributed by atoms with Crippen LogP contribution in [-0.2, 0) is 0 Å². The Balaban J connectivity index is 3.41. The van der Waals surface area contributed by atoms with E-state index in [9.17, 15) is 0 Å². The lowest BCUT2D eigenvalue weighted by Gasteiger charge is -2.16. The summed E-state index contributed by atoms with van der Waals surface area (Å²) in [5, 5.41) is 8.83. The Morgan fingerprint density at radius 3 is 2.00 bits per heavy atom. The topological polar surface area (TPSA) is 20.2 Å². The second-order valence-electron chi connectivity index (χ2n) is 2.98. The molecule has 0 saturated carbocycles. The molecule has 1 nitrogen and oxygen atoms in total. The van der Waals surface area contributed by atoms with Crippen molar-refractivity contribution >= 4 is 0 Å². The van der Waals surface area contributed by atoms with Gasteiger partial charge in [0.25, 0.3) is 0 Å². The molecule has 0 aromatic heterocycles. The van der Waals surface area contributed by atoms with E-state index in [2.05, 4.69) is 20.8 Å². The minimum absolute atomic E-state index is 0.353. The number of rotatable bonds is 4. The largest absolute Gasteiger partial charge is 0.396 e. The van der Waals surface area contributed by atoms with E-state index in [0.717, 1.165) is 6.42 Å². The molecule has 0 spiro atoms. The molecule has 1 heteroatoms. The van der Waals surface area contributed by atoms with Crippen LogP contribution in [0.25, 0.3) is 0 Å². The second kappa shape index (κ2) is 4.80. The summed E-state index contributed by atoms with van der Waals surface area (Å²) in [5.74, 6) is 1.16. The number of hydrogen-bond donors (Lipinski definition) is 1. The molecule has 1 N–H and O–H groups in total. The first-order valence-electron chi connectivity index (χ1n) is 3.83. The molecule has 9 heavy (non-hydrogen) atoms. The lowest BCUT2D eigenvalue weighted by atomic mass is 9.92. The summed E-state index contributed by atoms with van der Waals surface area (Å²) in [6.07, 6.45) is 2.34. The molecule has 0 radical (unpaired) electrons. The summed E-state index contributed by atoms with van der Waals surface area (Å²) < 4.78 is 0. The van der Waals surface area contributed by atoms with Crippen LogP contribution in [0.2, 0.25) is 0 Å². The lowest BCUT2D eigenvalue weighted by molar-refractivity contribution is 0.180. The number of aliphatic hydroxyl groups excluding tert-OH is 1. The molecule has 0 aliphatic carbocycles. The highest BCUT2D eigenvalue weighted by Gasteiger charge is 2.09. The smallest absolute Gasteiger partial charge is 0.0461 e. The molecule has 0 bridgehead atoms. The van der Waals surface area contributed by atoms with Gasteiger partial charge >= 0.3 is 0 Å². The average molecular weight is 130 g/mol. The van der Waals surface area contributed by atoms with Gasteiger partial charge in [0.15, 0.2) is 0 Å². The van der Waals surface area contributed by atoms with Crippen LogP contribution < -0.4 is 0 Å². The molecule has 0 heterocycles. The summed E-state index contributed by atoms with van der Waals surface area (Å²) in [5.41, 5.74) is 0.